The Morgan fingerprint density at radius 1 is 0.891 bits per heavy atom. The van der Waals surface area contributed by atoms with Gasteiger partial charge in [-0.1, -0.05) is 42.5 Å². The number of H-pyrrole nitrogens is 1. The van der Waals surface area contributed by atoms with E-state index in [-0.39, 0.29) is 18.0 Å². The number of hydrazine groups is 1. The van der Waals surface area contributed by atoms with Crippen LogP contribution in [0.4, 0.5) is 5.69 Å². The molecule has 0 unspecified atom stereocenters. The molecule has 1 fully saturated rings. The first-order chi connectivity index (χ1) is 22.2. The van der Waals surface area contributed by atoms with Crippen LogP contribution in [0.5, 0.6) is 0 Å². The number of rotatable bonds is 6. The molecule has 0 saturated carbocycles. The summed E-state index contributed by atoms with van der Waals surface area (Å²) in [6.07, 6.45) is 0. The number of likely N-dealkylation sites (N-methyl/N-ethyl adjacent to an activating group) is 1. The summed E-state index contributed by atoms with van der Waals surface area (Å²) in [6.45, 7) is 4.34. The first-order valence-corrected chi connectivity index (χ1v) is 15.0. The van der Waals surface area contributed by atoms with Crippen LogP contribution in [0.3, 0.4) is 0 Å². The molecule has 0 aliphatic carbocycles. The fourth-order valence-electron chi connectivity index (χ4n) is 6.09. The first-order valence-electron chi connectivity index (χ1n) is 15.0. The van der Waals surface area contributed by atoms with E-state index in [9.17, 15) is 19.2 Å². The van der Waals surface area contributed by atoms with Crippen molar-refractivity contribution in [2.75, 3.05) is 38.2 Å². The van der Waals surface area contributed by atoms with Gasteiger partial charge in [0.1, 0.15) is 0 Å². The highest BCUT2D eigenvalue weighted by Gasteiger charge is 2.27. The van der Waals surface area contributed by atoms with Gasteiger partial charge in [-0.15, -0.1) is 0 Å². The monoisotopic (exact) mass is 617 g/mol. The van der Waals surface area contributed by atoms with Gasteiger partial charge in [-0.2, -0.15) is 0 Å². The number of fused-ring (bicyclic) bond motifs is 3. The highest BCUT2D eigenvalue weighted by molar-refractivity contribution is 6.22. The van der Waals surface area contributed by atoms with Gasteiger partial charge in [0.2, 0.25) is 5.91 Å². The zero-order chi connectivity index (χ0) is 32.5. The third kappa shape index (κ3) is 5.57. The van der Waals surface area contributed by atoms with Crippen molar-refractivity contribution in [3.63, 3.8) is 0 Å². The molecule has 6 N–H and O–H groups in total. The van der Waals surface area contributed by atoms with Crippen molar-refractivity contribution in [2.45, 2.75) is 13.5 Å². The summed E-state index contributed by atoms with van der Waals surface area (Å²) in [5.74, 6) is -1.57. The van der Waals surface area contributed by atoms with E-state index in [1.165, 1.54) is 11.9 Å². The van der Waals surface area contributed by atoms with Crippen molar-refractivity contribution in [2.24, 2.45) is 11.5 Å². The van der Waals surface area contributed by atoms with Crippen molar-refractivity contribution >= 4 is 51.1 Å². The Labute approximate surface area is 265 Å². The molecule has 0 bridgehead atoms. The molecule has 4 amide bonds. The predicted octanol–water partition coefficient (Wildman–Crippen LogP) is 3.63. The van der Waals surface area contributed by atoms with Gasteiger partial charge in [-0.25, -0.2) is 5.01 Å². The molecule has 0 radical (unpaired) electrons. The molecule has 1 saturated heterocycles. The lowest BCUT2D eigenvalue weighted by molar-refractivity contribution is -0.119. The fraction of sp³-hybridized carbons (Fsp3) is 0.200. The summed E-state index contributed by atoms with van der Waals surface area (Å²) in [5, 5.41) is 2.64. The summed E-state index contributed by atoms with van der Waals surface area (Å²) >= 11 is 0. The van der Waals surface area contributed by atoms with Gasteiger partial charge in [0.25, 0.3) is 17.7 Å². The average Bonchev–Trinajstić information content (AvgIpc) is 3.45. The van der Waals surface area contributed by atoms with E-state index in [1.807, 2.05) is 24.1 Å². The molecule has 11 heteroatoms. The Morgan fingerprint density at radius 3 is 2.30 bits per heavy atom. The van der Waals surface area contributed by atoms with Crippen LogP contribution in [0, 0.1) is 0 Å². The zero-order valence-corrected chi connectivity index (χ0v) is 25.7. The van der Waals surface area contributed by atoms with Gasteiger partial charge in [0.05, 0.1) is 16.8 Å². The molecule has 0 spiro atoms. The largest absolute Gasteiger partial charge is 0.366 e. The lowest BCUT2D eigenvalue weighted by atomic mass is 9.91. The van der Waals surface area contributed by atoms with Crippen LogP contribution in [-0.4, -0.2) is 71.6 Å². The SMILES string of the molecule is CC(=O)NN(C(=O)c1ccccc1)c1cccc(CN)c1-c1ccc(C(N)=O)c2[nH]c3cc(C(=O)N4CCN(C)CC4)ccc3c12. The highest BCUT2D eigenvalue weighted by atomic mass is 16.2. The fourth-order valence-corrected chi connectivity index (χ4v) is 6.09. The summed E-state index contributed by atoms with van der Waals surface area (Å²) in [5.41, 5.74) is 19.5. The van der Waals surface area contributed by atoms with E-state index in [0.29, 0.717) is 63.0 Å². The van der Waals surface area contributed by atoms with Crippen LogP contribution < -0.4 is 21.9 Å². The first kappa shape index (κ1) is 30.5. The van der Waals surface area contributed by atoms with Crippen LogP contribution in [-0.2, 0) is 11.3 Å². The number of aromatic nitrogens is 1. The molecule has 4 aromatic carbocycles. The Morgan fingerprint density at radius 2 is 1.63 bits per heavy atom. The topological polar surface area (TPSA) is 158 Å². The van der Waals surface area contributed by atoms with Crippen molar-refractivity contribution in [1.29, 1.82) is 0 Å². The van der Waals surface area contributed by atoms with Crippen molar-refractivity contribution in [1.82, 2.24) is 20.2 Å². The second-order valence-electron chi connectivity index (χ2n) is 11.4. The highest BCUT2D eigenvalue weighted by Crippen LogP contribution is 2.42. The molecule has 1 aliphatic rings. The Kier molecular flexibility index (Phi) is 8.27. The van der Waals surface area contributed by atoms with E-state index in [4.69, 9.17) is 11.5 Å². The lowest BCUT2D eigenvalue weighted by Gasteiger charge is -2.32. The third-order valence-corrected chi connectivity index (χ3v) is 8.41. The van der Waals surface area contributed by atoms with Gasteiger partial charge in [-0.05, 0) is 54.6 Å². The number of anilines is 1. The van der Waals surface area contributed by atoms with Gasteiger partial charge < -0.3 is 26.3 Å². The Hall–Kier alpha value is -5.52. The number of amides is 4. The van der Waals surface area contributed by atoms with Crippen molar-refractivity contribution < 1.29 is 19.2 Å². The molecule has 1 aromatic heterocycles. The maximum absolute atomic E-state index is 13.9. The van der Waals surface area contributed by atoms with E-state index in [1.54, 1.807) is 66.7 Å². The summed E-state index contributed by atoms with van der Waals surface area (Å²) < 4.78 is 0. The number of primary amides is 1. The predicted molar refractivity (Wildman–Crippen MR) is 178 cm³/mol. The van der Waals surface area contributed by atoms with Crippen LogP contribution in [0.2, 0.25) is 0 Å². The Bertz CT molecular complexity index is 2000. The molecule has 5 aromatic rings. The van der Waals surface area contributed by atoms with Crippen LogP contribution in [0.25, 0.3) is 32.9 Å². The third-order valence-electron chi connectivity index (χ3n) is 8.41. The maximum atomic E-state index is 13.9. The number of nitrogens with zero attached hydrogens (tertiary/aromatic N) is 3. The minimum Gasteiger partial charge on any atom is -0.366 e. The van der Waals surface area contributed by atoms with Gasteiger partial charge in [0.15, 0.2) is 0 Å². The zero-order valence-electron chi connectivity index (χ0n) is 25.7. The number of nitrogens with one attached hydrogen (secondary N) is 2. The number of aromatic amines is 1. The number of nitrogens with two attached hydrogens (primary N) is 2. The minimum absolute atomic E-state index is 0.0647. The van der Waals surface area contributed by atoms with Gasteiger partial charge in [0, 0.05) is 72.6 Å². The molecule has 234 valence electrons. The number of carbonyl (C=O) groups excluding carboxylic acids is 4. The van der Waals surface area contributed by atoms with E-state index in [0.717, 1.165) is 18.5 Å². The average molecular weight is 618 g/mol. The molecular formula is C35H35N7O4. The summed E-state index contributed by atoms with van der Waals surface area (Å²) in [6, 6.07) is 22.8. The van der Waals surface area contributed by atoms with E-state index < -0.39 is 17.7 Å². The molecular weight excluding hydrogens is 582 g/mol. The summed E-state index contributed by atoms with van der Waals surface area (Å²) in [7, 11) is 2.04. The smallest absolute Gasteiger partial charge is 0.277 e. The summed E-state index contributed by atoms with van der Waals surface area (Å²) in [4.78, 5) is 59.7. The van der Waals surface area contributed by atoms with Crippen molar-refractivity contribution in [3.05, 3.63) is 101 Å². The molecule has 1 aliphatic heterocycles. The number of carbonyl (C=O) groups is 4. The lowest BCUT2D eigenvalue weighted by Crippen LogP contribution is -2.47. The number of hydrogen-bond donors (Lipinski definition) is 4. The normalized spacial score (nSPS) is 13.6. The minimum atomic E-state index is -0.622. The van der Waals surface area contributed by atoms with Gasteiger partial charge >= 0.3 is 0 Å². The molecule has 0 atom stereocenters. The number of benzene rings is 4. The molecule has 6 rings (SSSR count). The quantitative estimate of drug-likeness (QED) is 0.213. The number of piperazine rings is 1. The standard InChI is InChI=1S/C35H35N7O4/c1-21(43)39-42(35(46)22-7-4-3-5-8-22)29-10-6-9-24(20-36)30(29)26-13-14-27(33(37)44)32-31(26)25-12-11-23(19-28(25)38-32)34(45)41-17-15-40(2)16-18-41/h3-14,19,38H,15-18,20,36H2,1-2H3,(H2,37,44)(H,39,43). The second kappa shape index (κ2) is 12.5. The second-order valence-corrected chi connectivity index (χ2v) is 11.4. The molecule has 46 heavy (non-hydrogen) atoms. The van der Waals surface area contributed by atoms with Crippen molar-refractivity contribution in [3.8, 4) is 11.1 Å². The van der Waals surface area contributed by atoms with Crippen LogP contribution in [0.15, 0.2) is 78.9 Å². The van der Waals surface area contributed by atoms with Gasteiger partial charge in [-0.3, -0.25) is 24.6 Å². The van der Waals surface area contributed by atoms with Crippen LogP contribution in [0.1, 0.15) is 43.6 Å². The number of hydrogen-bond acceptors (Lipinski definition) is 6. The maximum Gasteiger partial charge on any atom is 0.277 e. The molecule has 2 heterocycles. The Balaban J connectivity index is 1.57. The molecule has 11 nitrogen and oxygen atoms in total. The van der Waals surface area contributed by atoms with Crippen LogP contribution >= 0.6 is 0 Å². The van der Waals surface area contributed by atoms with E-state index >= 15 is 0 Å². The van der Waals surface area contributed by atoms with E-state index in [2.05, 4.69) is 15.3 Å².